The highest BCUT2D eigenvalue weighted by Gasteiger charge is 2.08. The molecule has 0 unspecified atom stereocenters. The summed E-state index contributed by atoms with van der Waals surface area (Å²) in [5.74, 6) is 1.53. The predicted molar refractivity (Wildman–Crippen MR) is 95.1 cm³/mol. The molecule has 0 saturated carbocycles. The average molecular weight is 315 g/mol. The van der Waals surface area contributed by atoms with Crippen LogP contribution in [0.1, 0.15) is 5.69 Å². The molecule has 0 aliphatic rings. The monoisotopic (exact) mass is 315 g/mol. The SMILES string of the molecule is Cc1cc(Nc2ccn(-c3ccccc3)n2)nn1-c1ccccc1. The zero-order chi connectivity index (χ0) is 16.4. The number of para-hydroxylation sites is 2. The minimum atomic E-state index is 0.761. The molecular formula is C19H17N5. The van der Waals surface area contributed by atoms with E-state index in [1.807, 2.05) is 95.3 Å². The summed E-state index contributed by atoms with van der Waals surface area (Å²) < 4.78 is 3.75. The molecule has 0 spiro atoms. The van der Waals surface area contributed by atoms with Crippen LogP contribution in [0.15, 0.2) is 79.0 Å². The second-order valence-corrected chi connectivity index (χ2v) is 5.52. The van der Waals surface area contributed by atoms with Gasteiger partial charge in [-0.2, -0.15) is 5.10 Å². The van der Waals surface area contributed by atoms with E-state index in [0.29, 0.717) is 0 Å². The Hall–Kier alpha value is -3.34. The minimum Gasteiger partial charge on any atom is -0.322 e. The van der Waals surface area contributed by atoms with Crippen LogP contribution in [0, 0.1) is 6.92 Å². The van der Waals surface area contributed by atoms with Gasteiger partial charge in [0.25, 0.3) is 0 Å². The number of anilines is 2. The van der Waals surface area contributed by atoms with Crippen LogP contribution < -0.4 is 5.32 Å². The Morgan fingerprint density at radius 2 is 1.42 bits per heavy atom. The third-order valence-electron chi connectivity index (χ3n) is 3.75. The van der Waals surface area contributed by atoms with Crippen molar-refractivity contribution in [2.75, 3.05) is 5.32 Å². The Bertz CT molecular complexity index is 938. The van der Waals surface area contributed by atoms with Crippen molar-refractivity contribution in [3.8, 4) is 11.4 Å². The van der Waals surface area contributed by atoms with Crippen molar-refractivity contribution in [1.82, 2.24) is 19.6 Å². The Kier molecular flexibility index (Phi) is 3.59. The summed E-state index contributed by atoms with van der Waals surface area (Å²) in [5.41, 5.74) is 3.13. The molecule has 0 atom stereocenters. The van der Waals surface area contributed by atoms with Gasteiger partial charge in [-0.05, 0) is 31.2 Å². The molecule has 4 rings (SSSR count). The topological polar surface area (TPSA) is 47.7 Å². The van der Waals surface area contributed by atoms with Crippen LogP contribution in [0.2, 0.25) is 0 Å². The van der Waals surface area contributed by atoms with Gasteiger partial charge in [0.2, 0.25) is 0 Å². The van der Waals surface area contributed by atoms with Crippen molar-refractivity contribution in [1.29, 1.82) is 0 Å². The Labute approximate surface area is 140 Å². The van der Waals surface area contributed by atoms with Gasteiger partial charge in [-0.15, -0.1) is 5.10 Å². The van der Waals surface area contributed by atoms with Gasteiger partial charge < -0.3 is 5.32 Å². The van der Waals surface area contributed by atoms with Gasteiger partial charge in [0.05, 0.1) is 11.4 Å². The first-order chi connectivity index (χ1) is 11.8. The first-order valence-corrected chi connectivity index (χ1v) is 7.80. The third kappa shape index (κ3) is 2.79. The van der Waals surface area contributed by atoms with Crippen molar-refractivity contribution in [3.63, 3.8) is 0 Å². The Morgan fingerprint density at radius 3 is 2.12 bits per heavy atom. The second kappa shape index (κ2) is 6.04. The average Bonchev–Trinajstić information content (AvgIpc) is 3.23. The molecule has 5 heteroatoms. The molecule has 0 saturated heterocycles. The summed E-state index contributed by atoms with van der Waals surface area (Å²) in [5, 5.41) is 12.4. The molecule has 2 heterocycles. The predicted octanol–water partition coefficient (Wildman–Crippen LogP) is 4.11. The number of hydrogen-bond donors (Lipinski definition) is 1. The van der Waals surface area contributed by atoms with E-state index in [2.05, 4.69) is 15.5 Å². The van der Waals surface area contributed by atoms with E-state index < -0.39 is 0 Å². The maximum Gasteiger partial charge on any atom is 0.154 e. The minimum absolute atomic E-state index is 0.761. The molecule has 0 radical (unpaired) electrons. The van der Waals surface area contributed by atoms with Crippen molar-refractivity contribution in [2.45, 2.75) is 6.92 Å². The summed E-state index contributed by atoms with van der Waals surface area (Å²) in [4.78, 5) is 0. The second-order valence-electron chi connectivity index (χ2n) is 5.52. The molecule has 0 amide bonds. The van der Waals surface area contributed by atoms with E-state index in [1.54, 1.807) is 0 Å². The number of aromatic nitrogens is 4. The molecule has 5 nitrogen and oxygen atoms in total. The van der Waals surface area contributed by atoms with E-state index >= 15 is 0 Å². The van der Waals surface area contributed by atoms with Gasteiger partial charge in [0, 0.05) is 24.0 Å². The zero-order valence-electron chi connectivity index (χ0n) is 13.3. The maximum atomic E-state index is 4.61. The van der Waals surface area contributed by atoms with Gasteiger partial charge in [0.15, 0.2) is 11.6 Å². The highest BCUT2D eigenvalue weighted by Crippen LogP contribution is 2.18. The summed E-state index contributed by atoms with van der Waals surface area (Å²) in [7, 11) is 0. The molecule has 0 bridgehead atoms. The van der Waals surface area contributed by atoms with Gasteiger partial charge in [-0.3, -0.25) is 0 Å². The van der Waals surface area contributed by atoms with Crippen LogP contribution in [0.5, 0.6) is 0 Å². The Balaban J connectivity index is 1.58. The number of aryl methyl sites for hydroxylation is 1. The molecule has 118 valence electrons. The lowest BCUT2D eigenvalue weighted by atomic mass is 10.3. The van der Waals surface area contributed by atoms with Crippen LogP contribution in [-0.2, 0) is 0 Å². The molecule has 2 aromatic carbocycles. The van der Waals surface area contributed by atoms with E-state index in [-0.39, 0.29) is 0 Å². The van der Waals surface area contributed by atoms with Crippen LogP contribution in [0.25, 0.3) is 11.4 Å². The summed E-state index contributed by atoms with van der Waals surface area (Å²) in [6.07, 6.45) is 1.93. The summed E-state index contributed by atoms with van der Waals surface area (Å²) in [6.45, 7) is 2.04. The van der Waals surface area contributed by atoms with E-state index in [1.165, 1.54) is 0 Å². The lowest BCUT2D eigenvalue weighted by Crippen LogP contribution is -2.00. The van der Waals surface area contributed by atoms with Crippen molar-refractivity contribution >= 4 is 11.6 Å². The fourth-order valence-electron chi connectivity index (χ4n) is 2.61. The fraction of sp³-hybridized carbons (Fsp3) is 0.0526. The van der Waals surface area contributed by atoms with Crippen LogP contribution in [-0.4, -0.2) is 19.6 Å². The standard InChI is InChI=1S/C19H17N5/c1-15-14-19(22-24(15)17-10-6-3-7-11-17)20-18-12-13-23(21-18)16-8-4-2-5-9-16/h2-14H,1H3,(H,20,21,22). The van der Waals surface area contributed by atoms with Gasteiger partial charge in [-0.1, -0.05) is 36.4 Å². The van der Waals surface area contributed by atoms with Crippen molar-refractivity contribution < 1.29 is 0 Å². The first kappa shape index (κ1) is 14.3. The van der Waals surface area contributed by atoms with Crippen molar-refractivity contribution in [3.05, 3.63) is 84.7 Å². The molecular weight excluding hydrogens is 298 g/mol. The summed E-state index contributed by atoms with van der Waals surface area (Å²) in [6, 6.07) is 24.0. The smallest absolute Gasteiger partial charge is 0.154 e. The zero-order valence-corrected chi connectivity index (χ0v) is 13.3. The number of rotatable bonds is 4. The first-order valence-electron chi connectivity index (χ1n) is 7.80. The maximum absolute atomic E-state index is 4.61. The molecule has 0 fully saturated rings. The van der Waals surface area contributed by atoms with E-state index in [0.717, 1.165) is 28.7 Å². The molecule has 0 aliphatic heterocycles. The summed E-state index contributed by atoms with van der Waals surface area (Å²) >= 11 is 0. The molecule has 4 aromatic rings. The normalized spacial score (nSPS) is 10.7. The van der Waals surface area contributed by atoms with Gasteiger partial charge >= 0.3 is 0 Å². The van der Waals surface area contributed by atoms with Crippen LogP contribution in [0.4, 0.5) is 11.6 Å². The van der Waals surface area contributed by atoms with Crippen molar-refractivity contribution in [2.24, 2.45) is 0 Å². The van der Waals surface area contributed by atoms with E-state index in [9.17, 15) is 0 Å². The molecule has 2 aromatic heterocycles. The molecule has 1 N–H and O–H groups in total. The molecule has 24 heavy (non-hydrogen) atoms. The third-order valence-corrected chi connectivity index (χ3v) is 3.75. The highest BCUT2D eigenvalue weighted by atomic mass is 15.4. The van der Waals surface area contributed by atoms with Gasteiger partial charge in [0.1, 0.15) is 0 Å². The van der Waals surface area contributed by atoms with Gasteiger partial charge in [-0.25, -0.2) is 9.36 Å². The number of nitrogens with one attached hydrogen (secondary N) is 1. The fourth-order valence-corrected chi connectivity index (χ4v) is 2.61. The highest BCUT2D eigenvalue weighted by molar-refractivity contribution is 5.53. The Morgan fingerprint density at radius 1 is 0.750 bits per heavy atom. The van der Waals surface area contributed by atoms with Crippen LogP contribution in [0.3, 0.4) is 0 Å². The quantitative estimate of drug-likeness (QED) is 0.616. The van der Waals surface area contributed by atoms with E-state index in [4.69, 9.17) is 0 Å². The molecule has 0 aliphatic carbocycles. The number of hydrogen-bond acceptors (Lipinski definition) is 3. The number of nitrogens with zero attached hydrogens (tertiary/aromatic N) is 4. The number of benzene rings is 2. The lowest BCUT2D eigenvalue weighted by Gasteiger charge is -2.03. The lowest BCUT2D eigenvalue weighted by molar-refractivity contribution is 0.848. The van der Waals surface area contributed by atoms with Crippen LogP contribution >= 0.6 is 0 Å². The largest absolute Gasteiger partial charge is 0.322 e.